The Labute approximate surface area is 94.3 Å². The van der Waals surface area contributed by atoms with Crippen molar-refractivity contribution in [1.29, 1.82) is 0 Å². The van der Waals surface area contributed by atoms with Crippen molar-refractivity contribution in [3.8, 4) is 0 Å². The monoisotopic (exact) mass is 377 g/mol. The predicted molar refractivity (Wildman–Crippen MR) is 49.1 cm³/mol. The Morgan fingerprint density at radius 3 is 2.27 bits per heavy atom. The fraction of sp³-hybridized carbons (Fsp3) is 1.00. The SMILES string of the molecule is CCCCCCC(Cl)CCl.[Pt]. The summed E-state index contributed by atoms with van der Waals surface area (Å²) in [6.07, 6.45) is 6.22. The first kappa shape index (κ1) is 14.8. The molecule has 0 aromatic carbocycles. The van der Waals surface area contributed by atoms with E-state index in [0.29, 0.717) is 5.88 Å². The van der Waals surface area contributed by atoms with Gasteiger partial charge in [-0.2, -0.15) is 0 Å². The smallest absolute Gasteiger partial charge is 0.0471 e. The number of hydrogen-bond donors (Lipinski definition) is 0. The van der Waals surface area contributed by atoms with E-state index in [9.17, 15) is 0 Å². The van der Waals surface area contributed by atoms with E-state index in [1.807, 2.05) is 0 Å². The van der Waals surface area contributed by atoms with Gasteiger partial charge in [0.1, 0.15) is 0 Å². The van der Waals surface area contributed by atoms with E-state index in [-0.39, 0.29) is 26.4 Å². The third-order valence-corrected chi connectivity index (χ3v) is 2.44. The van der Waals surface area contributed by atoms with Crippen molar-refractivity contribution in [1.82, 2.24) is 0 Å². The van der Waals surface area contributed by atoms with E-state index in [1.165, 1.54) is 25.7 Å². The number of unbranched alkanes of at least 4 members (excludes halogenated alkanes) is 3. The Morgan fingerprint density at radius 1 is 1.18 bits per heavy atom. The molecule has 0 amide bonds. The second-order valence-electron chi connectivity index (χ2n) is 2.60. The molecule has 3 heteroatoms. The maximum Gasteiger partial charge on any atom is 0.0471 e. The Bertz CT molecular complexity index is 69.1. The Kier molecular flexibility index (Phi) is 15.1. The van der Waals surface area contributed by atoms with Crippen LogP contribution in [-0.2, 0) is 21.1 Å². The molecule has 0 saturated carbocycles. The summed E-state index contributed by atoms with van der Waals surface area (Å²) >= 11 is 11.3. The Hall–Kier alpha value is 1.27. The van der Waals surface area contributed by atoms with E-state index in [1.54, 1.807) is 0 Å². The van der Waals surface area contributed by atoms with Gasteiger partial charge in [0, 0.05) is 32.3 Å². The zero-order valence-corrected chi connectivity index (χ0v) is 10.7. The number of hydrogen-bond acceptors (Lipinski definition) is 0. The van der Waals surface area contributed by atoms with Crippen LogP contribution in [0.15, 0.2) is 0 Å². The minimum Gasteiger partial charge on any atom is -0.125 e. The summed E-state index contributed by atoms with van der Waals surface area (Å²) in [5.41, 5.74) is 0. The Morgan fingerprint density at radius 2 is 1.82 bits per heavy atom. The molecule has 0 rings (SSSR count). The predicted octanol–water partition coefficient (Wildman–Crippen LogP) is 3.80. The van der Waals surface area contributed by atoms with E-state index in [4.69, 9.17) is 23.2 Å². The Balaban J connectivity index is 0. The molecule has 0 fully saturated rings. The van der Waals surface area contributed by atoms with Gasteiger partial charge in [-0.25, -0.2) is 0 Å². The molecule has 0 aliphatic carbocycles. The normalized spacial score (nSPS) is 12.3. The van der Waals surface area contributed by atoms with E-state index in [2.05, 4.69) is 6.92 Å². The van der Waals surface area contributed by atoms with Crippen LogP contribution in [0.2, 0.25) is 0 Å². The molecule has 0 saturated heterocycles. The van der Waals surface area contributed by atoms with Gasteiger partial charge in [-0.1, -0.05) is 32.6 Å². The average Bonchev–Trinajstić information content (AvgIpc) is 1.98. The van der Waals surface area contributed by atoms with Crippen LogP contribution in [0.4, 0.5) is 0 Å². The molecule has 1 atom stereocenters. The average molecular weight is 378 g/mol. The first-order chi connectivity index (χ1) is 4.81. The van der Waals surface area contributed by atoms with E-state index >= 15 is 0 Å². The third kappa shape index (κ3) is 11.3. The number of rotatable bonds is 6. The molecule has 0 N–H and O–H groups in total. The van der Waals surface area contributed by atoms with Gasteiger partial charge in [-0.15, -0.1) is 23.2 Å². The molecule has 0 heterocycles. The van der Waals surface area contributed by atoms with Gasteiger partial charge in [0.15, 0.2) is 0 Å². The molecule has 11 heavy (non-hydrogen) atoms. The quantitative estimate of drug-likeness (QED) is 0.487. The summed E-state index contributed by atoms with van der Waals surface area (Å²) in [6, 6.07) is 0. The molecule has 0 radical (unpaired) electrons. The van der Waals surface area contributed by atoms with Crippen LogP contribution in [0.25, 0.3) is 0 Å². The minimum atomic E-state index is 0. The van der Waals surface area contributed by atoms with E-state index < -0.39 is 0 Å². The molecule has 72 valence electrons. The van der Waals surface area contributed by atoms with E-state index in [0.717, 1.165) is 6.42 Å². The van der Waals surface area contributed by atoms with Crippen molar-refractivity contribution >= 4 is 23.2 Å². The van der Waals surface area contributed by atoms with Crippen molar-refractivity contribution in [3.63, 3.8) is 0 Å². The van der Waals surface area contributed by atoms with Gasteiger partial charge in [-0.3, -0.25) is 0 Å². The molecular formula is C8H16Cl2Pt. The summed E-state index contributed by atoms with van der Waals surface area (Å²) in [4.78, 5) is 0. The molecule has 1 unspecified atom stereocenters. The van der Waals surface area contributed by atoms with Crippen LogP contribution in [0.3, 0.4) is 0 Å². The summed E-state index contributed by atoms with van der Waals surface area (Å²) in [6.45, 7) is 2.21. The zero-order valence-electron chi connectivity index (χ0n) is 6.89. The maximum atomic E-state index is 5.81. The fourth-order valence-corrected chi connectivity index (χ4v) is 1.18. The zero-order chi connectivity index (χ0) is 7.82. The van der Waals surface area contributed by atoms with Gasteiger partial charge >= 0.3 is 0 Å². The summed E-state index contributed by atoms with van der Waals surface area (Å²) < 4.78 is 0. The van der Waals surface area contributed by atoms with Gasteiger partial charge in [0.05, 0.1) is 0 Å². The standard InChI is InChI=1S/C8H16Cl2.Pt/c1-2-3-4-5-6-8(10)7-9;/h8H,2-7H2,1H3;. The van der Waals surface area contributed by atoms with Crippen molar-refractivity contribution in [2.75, 3.05) is 5.88 Å². The third-order valence-electron chi connectivity index (χ3n) is 1.54. The van der Waals surface area contributed by atoms with Crippen molar-refractivity contribution < 1.29 is 21.1 Å². The van der Waals surface area contributed by atoms with Crippen LogP contribution in [0.5, 0.6) is 0 Å². The van der Waals surface area contributed by atoms with Crippen molar-refractivity contribution in [3.05, 3.63) is 0 Å². The van der Waals surface area contributed by atoms with Crippen molar-refractivity contribution in [2.45, 2.75) is 44.4 Å². The molecule has 0 aromatic heterocycles. The maximum absolute atomic E-state index is 5.81. The summed E-state index contributed by atoms with van der Waals surface area (Å²) in [5, 5.41) is 0.193. The molecule has 0 aliphatic rings. The van der Waals surface area contributed by atoms with Crippen molar-refractivity contribution in [2.24, 2.45) is 0 Å². The van der Waals surface area contributed by atoms with Crippen LogP contribution in [0.1, 0.15) is 39.0 Å². The number of alkyl halides is 2. The molecule has 0 bridgehead atoms. The minimum absolute atomic E-state index is 0. The van der Waals surface area contributed by atoms with Gasteiger partial charge in [-0.05, 0) is 6.42 Å². The molecule has 0 aromatic rings. The van der Waals surface area contributed by atoms with Gasteiger partial charge < -0.3 is 0 Å². The largest absolute Gasteiger partial charge is 0.125 e. The van der Waals surface area contributed by atoms with Crippen LogP contribution >= 0.6 is 23.2 Å². The van der Waals surface area contributed by atoms with Crippen LogP contribution in [-0.4, -0.2) is 11.3 Å². The second kappa shape index (κ2) is 11.3. The summed E-state index contributed by atoms with van der Waals surface area (Å²) in [5.74, 6) is 0.591. The fourth-order valence-electron chi connectivity index (χ4n) is 0.870. The summed E-state index contributed by atoms with van der Waals surface area (Å²) in [7, 11) is 0. The van der Waals surface area contributed by atoms with Gasteiger partial charge in [0.25, 0.3) is 0 Å². The number of halogens is 2. The molecule has 0 nitrogen and oxygen atoms in total. The molecule has 0 spiro atoms. The first-order valence-electron chi connectivity index (χ1n) is 4.01. The second-order valence-corrected chi connectivity index (χ2v) is 3.53. The van der Waals surface area contributed by atoms with Crippen LogP contribution < -0.4 is 0 Å². The molecular weight excluding hydrogens is 362 g/mol. The van der Waals surface area contributed by atoms with Gasteiger partial charge in [0.2, 0.25) is 0 Å². The first-order valence-corrected chi connectivity index (χ1v) is 4.98. The topological polar surface area (TPSA) is 0 Å². The van der Waals surface area contributed by atoms with Crippen LogP contribution in [0, 0.1) is 0 Å². The molecule has 0 aliphatic heterocycles.